The molecule has 0 aliphatic heterocycles. The summed E-state index contributed by atoms with van der Waals surface area (Å²) >= 11 is 11.6. The SMILES string of the molecule is O=C(c1cc2cccc(F)c2o1)c1ncc(Cl)cc1Cl. The van der Waals surface area contributed by atoms with Crippen LogP contribution in [0.3, 0.4) is 0 Å². The van der Waals surface area contributed by atoms with Crippen molar-refractivity contribution < 1.29 is 13.6 Å². The van der Waals surface area contributed by atoms with E-state index in [0.29, 0.717) is 10.4 Å². The zero-order valence-electron chi connectivity index (χ0n) is 9.86. The largest absolute Gasteiger partial charge is 0.449 e. The van der Waals surface area contributed by atoms with E-state index < -0.39 is 11.6 Å². The highest BCUT2D eigenvalue weighted by molar-refractivity contribution is 6.37. The van der Waals surface area contributed by atoms with E-state index in [2.05, 4.69) is 4.98 Å². The van der Waals surface area contributed by atoms with Gasteiger partial charge in [-0.05, 0) is 18.2 Å². The Hall–Kier alpha value is -1.91. The number of nitrogens with zero attached hydrogens (tertiary/aromatic N) is 1. The number of carbonyl (C=O) groups is 1. The van der Waals surface area contributed by atoms with Crippen molar-refractivity contribution in [1.29, 1.82) is 0 Å². The number of hydrogen-bond acceptors (Lipinski definition) is 3. The predicted molar refractivity (Wildman–Crippen MR) is 73.9 cm³/mol. The van der Waals surface area contributed by atoms with Crippen molar-refractivity contribution in [2.75, 3.05) is 0 Å². The fourth-order valence-electron chi connectivity index (χ4n) is 1.84. The number of rotatable bonds is 2. The summed E-state index contributed by atoms with van der Waals surface area (Å²) in [4.78, 5) is 16.1. The van der Waals surface area contributed by atoms with E-state index in [4.69, 9.17) is 27.6 Å². The van der Waals surface area contributed by atoms with E-state index in [0.717, 1.165) is 0 Å². The Balaban J connectivity index is 2.10. The van der Waals surface area contributed by atoms with Gasteiger partial charge in [0.25, 0.3) is 0 Å². The zero-order chi connectivity index (χ0) is 14.3. The first kappa shape index (κ1) is 13.1. The molecule has 0 bridgehead atoms. The van der Waals surface area contributed by atoms with Crippen LogP contribution in [0.5, 0.6) is 0 Å². The van der Waals surface area contributed by atoms with E-state index in [1.807, 2.05) is 0 Å². The van der Waals surface area contributed by atoms with Crippen LogP contribution in [0.2, 0.25) is 10.0 Å². The molecule has 2 heterocycles. The number of para-hydroxylation sites is 1. The summed E-state index contributed by atoms with van der Waals surface area (Å²) in [6.45, 7) is 0. The summed E-state index contributed by atoms with van der Waals surface area (Å²) in [5.74, 6) is -1.08. The molecule has 0 saturated carbocycles. The van der Waals surface area contributed by atoms with Gasteiger partial charge >= 0.3 is 0 Å². The molecule has 0 aliphatic carbocycles. The van der Waals surface area contributed by atoms with Gasteiger partial charge in [0.2, 0.25) is 5.78 Å². The van der Waals surface area contributed by atoms with Gasteiger partial charge in [-0.1, -0.05) is 35.3 Å². The molecule has 0 unspecified atom stereocenters. The summed E-state index contributed by atoms with van der Waals surface area (Å²) in [5, 5.41) is 0.934. The topological polar surface area (TPSA) is 43.1 Å². The van der Waals surface area contributed by atoms with E-state index in [1.54, 1.807) is 6.07 Å². The van der Waals surface area contributed by atoms with E-state index in [9.17, 15) is 9.18 Å². The van der Waals surface area contributed by atoms with Crippen molar-refractivity contribution in [2.45, 2.75) is 0 Å². The monoisotopic (exact) mass is 309 g/mol. The number of fused-ring (bicyclic) bond motifs is 1. The van der Waals surface area contributed by atoms with Crippen molar-refractivity contribution in [3.05, 3.63) is 63.8 Å². The highest BCUT2D eigenvalue weighted by atomic mass is 35.5. The van der Waals surface area contributed by atoms with Crippen LogP contribution in [-0.4, -0.2) is 10.8 Å². The minimum absolute atomic E-state index is 0.00975. The maximum absolute atomic E-state index is 13.5. The average Bonchev–Trinajstić information content (AvgIpc) is 2.83. The Bertz CT molecular complexity index is 829. The summed E-state index contributed by atoms with van der Waals surface area (Å²) < 4.78 is 18.8. The van der Waals surface area contributed by atoms with Gasteiger partial charge in [-0.2, -0.15) is 0 Å². The quantitative estimate of drug-likeness (QED) is 0.654. The van der Waals surface area contributed by atoms with Gasteiger partial charge in [-0.3, -0.25) is 4.79 Å². The van der Waals surface area contributed by atoms with Crippen LogP contribution in [0.1, 0.15) is 16.2 Å². The zero-order valence-corrected chi connectivity index (χ0v) is 11.4. The first-order valence-corrected chi connectivity index (χ1v) is 6.35. The summed E-state index contributed by atoms with van der Waals surface area (Å²) in [5.41, 5.74) is 0.0384. The lowest BCUT2D eigenvalue weighted by Crippen LogP contribution is -2.03. The van der Waals surface area contributed by atoms with Crippen LogP contribution in [0.15, 0.2) is 40.9 Å². The third-order valence-corrected chi connectivity index (χ3v) is 3.24. The minimum Gasteiger partial charge on any atom is -0.449 e. The highest BCUT2D eigenvalue weighted by Gasteiger charge is 2.20. The molecule has 0 aliphatic rings. The van der Waals surface area contributed by atoms with Crippen LogP contribution < -0.4 is 0 Å². The first-order chi connectivity index (χ1) is 9.56. The number of ketones is 1. The highest BCUT2D eigenvalue weighted by Crippen LogP contribution is 2.26. The first-order valence-electron chi connectivity index (χ1n) is 5.60. The number of aromatic nitrogens is 1. The molecule has 0 saturated heterocycles. The summed E-state index contributed by atoms with van der Waals surface area (Å²) in [6.07, 6.45) is 1.31. The molecule has 3 nitrogen and oxygen atoms in total. The van der Waals surface area contributed by atoms with Gasteiger partial charge < -0.3 is 4.42 Å². The average molecular weight is 310 g/mol. The molecule has 0 amide bonds. The molecule has 0 radical (unpaired) electrons. The smallest absolute Gasteiger partial charge is 0.248 e. The standard InChI is InChI=1S/C14H6Cl2FNO2/c15-8-5-9(16)12(18-6-8)13(19)11-4-7-2-1-3-10(17)14(7)20-11/h1-6H. The van der Waals surface area contributed by atoms with E-state index in [1.165, 1.54) is 30.5 Å². The molecule has 3 aromatic rings. The number of benzene rings is 1. The molecule has 3 rings (SSSR count). The number of pyridine rings is 1. The van der Waals surface area contributed by atoms with Crippen LogP contribution in [0.4, 0.5) is 4.39 Å². The van der Waals surface area contributed by atoms with Gasteiger partial charge in [0.15, 0.2) is 17.2 Å². The number of halogens is 3. The lowest BCUT2D eigenvalue weighted by atomic mass is 10.2. The Kier molecular flexibility index (Phi) is 3.20. The molecule has 0 spiro atoms. The second-order valence-corrected chi connectivity index (χ2v) is 4.93. The second-order valence-electron chi connectivity index (χ2n) is 4.08. The lowest BCUT2D eigenvalue weighted by Gasteiger charge is -2.00. The molecule has 20 heavy (non-hydrogen) atoms. The van der Waals surface area contributed by atoms with Crippen LogP contribution in [0.25, 0.3) is 11.0 Å². The van der Waals surface area contributed by atoms with E-state index in [-0.39, 0.29) is 22.1 Å². The molecule has 6 heteroatoms. The van der Waals surface area contributed by atoms with Gasteiger partial charge in [-0.25, -0.2) is 9.37 Å². The van der Waals surface area contributed by atoms with Gasteiger partial charge in [-0.15, -0.1) is 0 Å². The number of hydrogen-bond donors (Lipinski definition) is 0. The van der Waals surface area contributed by atoms with Crippen molar-refractivity contribution in [3.8, 4) is 0 Å². The maximum atomic E-state index is 13.5. The van der Waals surface area contributed by atoms with Gasteiger partial charge in [0.05, 0.1) is 10.0 Å². The molecular formula is C14H6Cl2FNO2. The Labute approximate surface area is 122 Å². The van der Waals surface area contributed by atoms with Gasteiger partial charge in [0, 0.05) is 11.6 Å². The molecule has 0 atom stereocenters. The third kappa shape index (κ3) is 2.17. The number of furan rings is 1. The van der Waals surface area contributed by atoms with Crippen LogP contribution in [-0.2, 0) is 0 Å². The second kappa shape index (κ2) is 4.89. The molecule has 1 aromatic carbocycles. The van der Waals surface area contributed by atoms with Crippen molar-refractivity contribution in [3.63, 3.8) is 0 Å². The molecular weight excluding hydrogens is 304 g/mol. The Morgan fingerprint density at radius 3 is 2.75 bits per heavy atom. The normalized spacial score (nSPS) is 10.9. The van der Waals surface area contributed by atoms with Crippen molar-refractivity contribution in [2.24, 2.45) is 0 Å². The molecule has 0 N–H and O–H groups in total. The van der Waals surface area contributed by atoms with Crippen LogP contribution in [0, 0.1) is 5.82 Å². The van der Waals surface area contributed by atoms with Crippen molar-refractivity contribution in [1.82, 2.24) is 4.98 Å². The van der Waals surface area contributed by atoms with Gasteiger partial charge in [0.1, 0.15) is 5.69 Å². The molecule has 100 valence electrons. The molecule has 2 aromatic heterocycles. The summed E-state index contributed by atoms with van der Waals surface area (Å²) in [7, 11) is 0. The maximum Gasteiger partial charge on any atom is 0.248 e. The summed E-state index contributed by atoms with van der Waals surface area (Å²) in [6, 6.07) is 7.30. The fourth-order valence-corrected chi connectivity index (χ4v) is 2.30. The molecule has 0 fully saturated rings. The van der Waals surface area contributed by atoms with Crippen LogP contribution >= 0.6 is 23.2 Å². The number of carbonyl (C=O) groups excluding carboxylic acids is 1. The third-order valence-electron chi connectivity index (χ3n) is 2.74. The lowest BCUT2D eigenvalue weighted by molar-refractivity contribution is 0.101. The van der Waals surface area contributed by atoms with E-state index >= 15 is 0 Å². The fraction of sp³-hybridized carbons (Fsp3) is 0. The predicted octanol–water partition coefficient (Wildman–Crippen LogP) is 4.50. The Morgan fingerprint density at radius 1 is 1.25 bits per heavy atom. The minimum atomic E-state index is -0.531. The Morgan fingerprint density at radius 2 is 2.05 bits per heavy atom. The van der Waals surface area contributed by atoms with Crippen molar-refractivity contribution >= 4 is 40.0 Å².